The van der Waals surface area contributed by atoms with Crippen LogP contribution in [0.4, 0.5) is 26.3 Å². The molecule has 0 saturated heterocycles. The van der Waals surface area contributed by atoms with Crippen LogP contribution in [0.3, 0.4) is 0 Å². The van der Waals surface area contributed by atoms with Gasteiger partial charge in [0.05, 0.1) is 25.9 Å². The molecule has 2 saturated carbocycles. The van der Waals surface area contributed by atoms with Crippen LogP contribution in [0.15, 0.2) is 18.2 Å². The summed E-state index contributed by atoms with van der Waals surface area (Å²) in [6.07, 6.45) is 0.789. The molecule has 3 aliphatic carbocycles. The number of unbranched alkanes of at least 4 members (excludes halogenated alkanes) is 3. The van der Waals surface area contributed by atoms with E-state index < -0.39 is 31.0 Å². The van der Waals surface area contributed by atoms with Crippen LogP contribution in [0.1, 0.15) is 121 Å². The van der Waals surface area contributed by atoms with Crippen LogP contribution in [0.2, 0.25) is 0 Å². The van der Waals surface area contributed by atoms with Gasteiger partial charge in [-0.25, -0.2) is 0 Å². The van der Waals surface area contributed by atoms with Gasteiger partial charge in [0.1, 0.15) is 12.4 Å². The zero-order valence-electron chi connectivity index (χ0n) is 35.7. The van der Waals surface area contributed by atoms with Crippen molar-refractivity contribution >= 4 is 21.6 Å². The van der Waals surface area contributed by atoms with Crippen molar-refractivity contribution in [3.05, 3.63) is 29.3 Å². The number of likely N-dealkylation sites (N-methyl/N-ethyl adjacent to an activating group) is 1. The minimum atomic E-state index is -5.54. The normalized spacial score (nSPS) is 23.7. The number of ether oxygens (including phenoxy) is 5. The van der Waals surface area contributed by atoms with Crippen LogP contribution in [0, 0.1) is 23.2 Å². The molecule has 5 unspecified atom stereocenters. The molecular weight excluding hydrogens is 801 g/mol. The standard InChI is InChI=1S/C44H71F6NO5S2/c1-6-21-42(43(45,46)47,44(48,49)50)56-26-12-25-55-40-19-18-39-38-16-14-34-30-35(15-17-36(34)37(38)20-22-41(39,40)2)54-27-24-51(3)23-11-29-58-57-28-10-8-7-9-13-33(31-52-4)32-53-5/h15,17,30,33,37-40H,6-14,16,18-29,31-32H2,1-5H3. The molecule has 0 aromatic heterocycles. The molecule has 0 spiro atoms. The van der Waals surface area contributed by atoms with Crippen LogP contribution in [-0.4, -0.2) is 108 Å². The largest absolute Gasteiger partial charge is 0.492 e. The number of nitrogens with zero attached hydrogens (tertiary/aromatic N) is 1. The molecule has 58 heavy (non-hydrogen) atoms. The number of methoxy groups -OCH3 is 2. The van der Waals surface area contributed by atoms with E-state index in [-0.39, 0.29) is 31.0 Å². The maximum atomic E-state index is 13.6. The molecule has 0 bridgehead atoms. The van der Waals surface area contributed by atoms with Gasteiger partial charge < -0.3 is 28.6 Å². The van der Waals surface area contributed by atoms with E-state index in [1.807, 2.05) is 21.6 Å². The predicted molar refractivity (Wildman–Crippen MR) is 224 cm³/mol. The zero-order valence-corrected chi connectivity index (χ0v) is 37.3. The Balaban J connectivity index is 1.11. The molecule has 3 aliphatic rings. The highest BCUT2D eigenvalue weighted by Gasteiger charge is 2.71. The van der Waals surface area contributed by atoms with E-state index >= 15 is 0 Å². The first-order chi connectivity index (χ1) is 27.7. The highest BCUT2D eigenvalue weighted by molar-refractivity contribution is 8.76. The van der Waals surface area contributed by atoms with E-state index in [0.29, 0.717) is 30.3 Å². The van der Waals surface area contributed by atoms with Gasteiger partial charge in [-0.2, -0.15) is 26.3 Å². The van der Waals surface area contributed by atoms with E-state index in [2.05, 4.69) is 41.8 Å². The van der Waals surface area contributed by atoms with Gasteiger partial charge in [0.2, 0.25) is 0 Å². The van der Waals surface area contributed by atoms with E-state index in [9.17, 15) is 26.3 Å². The molecule has 5 atom stereocenters. The van der Waals surface area contributed by atoms with Gasteiger partial charge in [-0.05, 0) is 131 Å². The first kappa shape index (κ1) is 49.8. The fourth-order valence-corrected chi connectivity index (χ4v) is 12.2. The average Bonchev–Trinajstić information content (AvgIpc) is 3.51. The molecule has 0 aliphatic heterocycles. The molecular formula is C44H71F6NO5S2. The van der Waals surface area contributed by atoms with Crippen molar-refractivity contribution in [3.8, 4) is 5.75 Å². The lowest BCUT2D eigenvalue weighted by atomic mass is 9.55. The summed E-state index contributed by atoms with van der Waals surface area (Å²) in [4.78, 5) is 2.35. The SMILES string of the molecule is CCCC(OCCCOC1CCC2C3CCc4cc(OCCN(C)CCCSSCCCCCCC(COC)COC)ccc4C3CCC12C)(C(F)(F)F)C(F)(F)F. The summed E-state index contributed by atoms with van der Waals surface area (Å²) in [7, 11) is 9.67. The Labute approximate surface area is 352 Å². The Bertz CT molecular complexity index is 1300. The minimum Gasteiger partial charge on any atom is -0.492 e. The summed E-state index contributed by atoms with van der Waals surface area (Å²) in [5, 5.41) is 0. The summed E-state index contributed by atoms with van der Waals surface area (Å²) in [5.41, 5.74) is -1.39. The van der Waals surface area contributed by atoms with Crippen molar-refractivity contribution in [2.75, 3.05) is 78.9 Å². The number of fused-ring (bicyclic) bond motifs is 5. The molecule has 6 nitrogen and oxygen atoms in total. The van der Waals surface area contributed by atoms with Gasteiger partial charge in [0, 0.05) is 44.8 Å². The molecule has 2 fully saturated rings. The Morgan fingerprint density at radius 2 is 1.53 bits per heavy atom. The van der Waals surface area contributed by atoms with Crippen molar-refractivity contribution < 1.29 is 50.0 Å². The smallest absolute Gasteiger partial charge is 0.426 e. The monoisotopic (exact) mass is 871 g/mol. The third-order valence-electron chi connectivity index (χ3n) is 13.1. The topological polar surface area (TPSA) is 49.4 Å². The molecule has 1 aromatic carbocycles. The van der Waals surface area contributed by atoms with Crippen molar-refractivity contribution in [1.29, 1.82) is 0 Å². The fourth-order valence-electron chi connectivity index (χ4n) is 10.0. The second kappa shape index (κ2) is 24.1. The van der Waals surface area contributed by atoms with Crippen molar-refractivity contribution in [1.82, 2.24) is 4.90 Å². The van der Waals surface area contributed by atoms with Crippen molar-refractivity contribution in [2.45, 2.75) is 140 Å². The lowest BCUT2D eigenvalue weighted by Crippen LogP contribution is -2.58. The quantitative estimate of drug-likeness (QED) is 0.0469. The second-order valence-corrected chi connectivity index (χ2v) is 19.9. The third kappa shape index (κ3) is 13.5. The number of alkyl halides is 6. The molecule has 1 aromatic rings. The van der Waals surface area contributed by atoms with Crippen LogP contribution >= 0.6 is 21.6 Å². The Hall–Kier alpha value is -0.900. The molecule has 14 heteroatoms. The third-order valence-corrected chi connectivity index (χ3v) is 15.6. The Morgan fingerprint density at radius 3 is 2.22 bits per heavy atom. The maximum Gasteiger partial charge on any atom is 0.426 e. The van der Waals surface area contributed by atoms with Gasteiger partial charge >= 0.3 is 12.4 Å². The first-order valence-electron chi connectivity index (χ1n) is 21.8. The molecule has 0 N–H and O–H groups in total. The number of hydrogen-bond acceptors (Lipinski definition) is 8. The maximum absolute atomic E-state index is 13.6. The first-order valence-corrected chi connectivity index (χ1v) is 24.2. The molecule has 336 valence electrons. The van der Waals surface area contributed by atoms with Gasteiger partial charge in [-0.3, -0.25) is 0 Å². The molecule has 0 amide bonds. The number of benzene rings is 1. The van der Waals surface area contributed by atoms with E-state index in [1.165, 1.54) is 55.9 Å². The average molecular weight is 872 g/mol. The predicted octanol–water partition coefficient (Wildman–Crippen LogP) is 11.9. The highest BCUT2D eigenvalue weighted by Crippen LogP contribution is 2.61. The van der Waals surface area contributed by atoms with Crippen LogP contribution in [0.25, 0.3) is 0 Å². The minimum absolute atomic E-state index is 0.0257. The Morgan fingerprint density at radius 1 is 0.828 bits per heavy atom. The van der Waals surface area contributed by atoms with Gasteiger partial charge in [0.15, 0.2) is 0 Å². The van der Waals surface area contributed by atoms with E-state index in [0.717, 1.165) is 82.8 Å². The van der Waals surface area contributed by atoms with Crippen molar-refractivity contribution in [3.63, 3.8) is 0 Å². The molecule has 0 radical (unpaired) electrons. The van der Waals surface area contributed by atoms with Crippen LogP contribution < -0.4 is 4.74 Å². The number of rotatable bonds is 28. The van der Waals surface area contributed by atoms with Crippen LogP contribution in [0.5, 0.6) is 5.75 Å². The van der Waals surface area contributed by atoms with E-state index in [1.54, 1.807) is 14.2 Å². The van der Waals surface area contributed by atoms with Gasteiger partial charge in [-0.15, -0.1) is 0 Å². The summed E-state index contributed by atoms with van der Waals surface area (Å²) in [5.74, 6) is 5.29. The van der Waals surface area contributed by atoms with Gasteiger partial charge in [-0.1, -0.05) is 67.2 Å². The molecule has 0 heterocycles. The summed E-state index contributed by atoms with van der Waals surface area (Å²) in [6.45, 7) is 7.13. The highest BCUT2D eigenvalue weighted by atomic mass is 33.1. The van der Waals surface area contributed by atoms with E-state index in [4.69, 9.17) is 18.9 Å². The fraction of sp³-hybridized carbons (Fsp3) is 0.864. The number of halogens is 6. The van der Waals surface area contributed by atoms with Crippen LogP contribution in [-0.2, 0) is 25.4 Å². The lowest BCUT2D eigenvalue weighted by Gasteiger charge is -2.50. The Kier molecular flexibility index (Phi) is 20.7. The van der Waals surface area contributed by atoms with Gasteiger partial charge in [0.25, 0.3) is 5.60 Å². The molecule has 4 rings (SSSR count). The lowest BCUT2D eigenvalue weighted by molar-refractivity contribution is -0.383. The number of aryl methyl sites for hydroxylation is 1. The number of hydrogen-bond donors (Lipinski definition) is 0. The summed E-state index contributed by atoms with van der Waals surface area (Å²) >= 11 is 0. The second-order valence-electron chi connectivity index (χ2n) is 17.2. The summed E-state index contributed by atoms with van der Waals surface area (Å²) in [6, 6.07) is 6.63. The van der Waals surface area contributed by atoms with Crippen molar-refractivity contribution in [2.24, 2.45) is 23.2 Å². The summed E-state index contributed by atoms with van der Waals surface area (Å²) < 4.78 is 109. The zero-order chi connectivity index (χ0) is 42.2.